The van der Waals surface area contributed by atoms with Crippen LogP contribution >= 0.6 is 0 Å². The molecule has 0 saturated heterocycles. The van der Waals surface area contributed by atoms with Gasteiger partial charge in [0.15, 0.2) is 0 Å². The molecule has 1 rings (SSSR count). The second kappa shape index (κ2) is 3.04. The van der Waals surface area contributed by atoms with Crippen molar-refractivity contribution in [2.24, 2.45) is 0 Å². The fraction of sp³-hybridized carbons (Fsp3) is 1.00. The summed E-state index contributed by atoms with van der Waals surface area (Å²) in [5.74, 6) is 0. The molecule has 0 aromatic carbocycles. The van der Waals surface area contributed by atoms with E-state index < -0.39 is 30.5 Å². The lowest BCUT2D eigenvalue weighted by Crippen LogP contribution is -2.43. The SMILES string of the molecule is CNC1C(O)C(O)C(O)C1O. The van der Waals surface area contributed by atoms with E-state index in [1.807, 2.05) is 0 Å². The Hall–Kier alpha value is -0.200. The number of likely N-dealkylation sites (N-methyl/N-ethyl adjacent to an activating group) is 1. The molecule has 0 aromatic heterocycles. The van der Waals surface area contributed by atoms with Crippen LogP contribution in [0.15, 0.2) is 0 Å². The van der Waals surface area contributed by atoms with Gasteiger partial charge in [-0.15, -0.1) is 0 Å². The molecule has 0 heterocycles. The molecule has 66 valence electrons. The molecule has 0 aromatic rings. The van der Waals surface area contributed by atoms with Gasteiger partial charge in [0.1, 0.15) is 24.4 Å². The summed E-state index contributed by atoms with van der Waals surface area (Å²) >= 11 is 0. The molecule has 1 saturated carbocycles. The van der Waals surface area contributed by atoms with Gasteiger partial charge >= 0.3 is 0 Å². The summed E-state index contributed by atoms with van der Waals surface area (Å²) in [6, 6.07) is -0.653. The van der Waals surface area contributed by atoms with Crippen molar-refractivity contribution >= 4 is 0 Å². The summed E-state index contributed by atoms with van der Waals surface area (Å²) in [5, 5.41) is 39.0. The molecule has 11 heavy (non-hydrogen) atoms. The van der Waals surface area contributed by atoms with Crippen LogP contribution in [0.1, 0.15) is 0 Å². The summed E-state index contributed by atoms with van der Waals surface area (Å²) < 4.78 is 0. The van der Waals surface area contributed by atoms with E-state index in [4.69, 9.17) is 20.4 Å². The van der Waals surface area contributed by atoms with E-state index in [0.717, 1.165) is 0 Å². The normalized spacial score (nSPS) is 51.5. The van der Waals surface area contributed by atoms with Crippen molar-refractivity contribution in [3.05, 3.63) is 0 Å². The zero-order valence-corrected chi connectivity index (χ0v) is 6.18. The number of rotatable bonds is 1. The third-order valence-corrected chi connectivity index (χ3v) is 2.12. The van der Waals surface area contributed by atoms with Gasteiger partial charge in [0.25, 0.3) is 0 Å². The largest absolute Gasteiger partial charge is 0.389 e. The van der Waals surface area contributed by atoms with E-state index in [1.54, 1.807) is 7.05 Å². The molecular weight excluding hydrogens is 150 g/mol. The third kappa shape index (κ3) is 1.25. The molecule has 5 N–H and O–H groups in total. The Balaban J connectivity index is 2.69. The Morgan fingerprint density at radius 3 is 1.36 bits per heavy atom. The summed E-state index contributed by atoms with van der Waals surface area (Å²) in [5.41, 5.74) is 0. The van der Waals surface area contributed by atoms with E-state index in [1.165, 1.54) is 0 Å². The first-order valence-corrected chi connectivity index (χ1v) is 3.49. The molecule has 4 atom stereocenters. The van der Waals surface area contributed by atoms with Crippen LogP contribution in [0.25, 0.3) is 0 Å². The zero-order valence-electron chi connectivity index (χ0n) is 6.18. The summed E-state index contributed by atoms with van der Waals surface area (Å²) in [6.45, 7) is 0. The first-order chi connectivity index (χ1) is 5.09. The van der Waals surface area contributed by atoms with Gasteiger partial charge in [0, 0.05) is 0 Å². The lowest BCUT2D eigenvalue weighted by molar-refractivity contribution is -0.0413. The van der Waals surface area contributed by atoms with Crippen LogP contribution in [-0.2, 0) is 0 Å². The van der Waals surface area contributed by atoms with Gasteiger partial charge in [-0.2, -0.15) is 0 Å². The number of hydrogen-bond acceptors (Lipinski definition) is 5. The highest BCUT2D eigenvalue weighted by Crippen LogP contribution is 2.20. The van der Waals surface area contributed by atoms with Crippen LogP contribution in [0.3, 0.4) is 0 Å². The quantitative estimate of drug-likeness (QED) is 0.285. The van der Waals surface area contributed by atoms with Gasteiger partial charge in [-0.25, -0.2) is 0 Å². The smallest absolute Gasteiger partial charge is 0.110 e. The molecule has 0 radical (unpaired) electrons. The van der Waals surface area contributed by atoms with Gasteiger partial charge in [-0.05, 0) is 7.05 Å². The fourth-order valence-corrected chi connectivity index (χ4v) is 1.37. The monoisotopic (exact) mass is 163 g/mol. The average Bonchev–Trinajstić information content (AvgIpc) is 2.17. The van der Waals surface area contributed by atoms with Crippen molar-refractivity contribution in [1.82, 2.24) is 5.32 Å². The fourth-order valence-electron chi connectivity index (χ4n) is 1.37. The van der Waals surface area contributed by atoms with E-state index in [0.29, 0.717) is 0 Å². The second-order valence-electron chi connectivity index (χ2n) is 2.78. The average molecular weight is 163 g/mol. The molecule has 1 aliphatic rings. The minimum Gasteiger partial charge on any atom is -0.389 e. The van der Waals surface area contributed by atoms with Gasteiger partial charge in [-0.3, -0.25) is 0 Å². The minimum absolute atomic E-state index is 0.653. The topological polar surface area (TPSA) is 93.0 Å². The van der Waals surface area contributed by atoms with Crippen LogP contribution in [0.5, 0.6) is 0 Å². The van der Waals surface area contributed by atoms with Gasteiger partial charge in [-0.1, -0.05) is 0 Å². The Morgan fingerprint density at radius 1 is 0.818 bits per heavy atom. The standard InChI is InChI=1S/C6H13NO4/c1-7-2-3(8)5(10)6(11)4(2)9/h2-11H,1H3. The van der Waals surface area contributed by atoms with Crippen molar-refractivity contribution in [3.8, 4) is 0 Å². The summed E-state index contributed by atoms with van der Waals surface area (Å²) in [7, 11) is 1.54. The van der Waals surface area contributed by atoms with Crippen molar-refractivity contribution in [1.29, 1.82) is 0 Å². The highest BCUT2D eigenvalue weighted by atomic mass is 16.4. The van der Waals surface area contributed by atoms with Crippen LogP contribution < -0.4 is 5.32 Å². The highest BCUT2D eigenvalue weighted by Gasteiger charge is 2.47. The maximum absolute atomic E-state index is 9.17. The summed E-state index contributed by atoms with van der Waals surface area (Å²) in [4.78, 5) is 0. The van der Waals surface area contributed by atoms with Crippen molar-refractivity contribution in [3.63, 3.8) is 0 Å². The van der Waals surface area contributed by atoms with E-state index in [-0.39, 0.29) is 0 Å². The maximum atomic E-state index is 9.17. The van der Waals surface area contributed by atoms with Crippen LogP contribution in [0.4, 0.5) is 0 Å². The molecule has 0 aliphatic heterocycles. The predicted molar refractivity (Wildman–Crippen MR) is 36.9 cm³/mol. The molecule has 1 fully saturated rings. The van der Waals surface area contributed by atoms with Crippen LogP contribution in [0, 0.1) is 0 Å². The predicted octanol–water partition coefficient (Wildman–Crippen LogP) is -2.97. The van der Waals surface area contributed by atoms with E-state index in [9.17, 15) is 0 Å². The zero-order chi connectivity index (χ0) is 8.59. The molecule has 0 amide bonds. The molecule has 1 aliphatic carbocycles. The Bertz CT molecular complexity index is 129. The Labute approximate surface area is 64.3 Å². The molecular formula is C6H13NO4. The first kappa shape index (κ1) is 8.89. The van der Waals surface area contributed by atoms with Gasteiger partial charge < -0.3 is 25.7 Å². The number of hydrogen-bond donors (Lipinski definition) is 5. The highest BCUT2D eigenvalue weighted by molar-refractivity contribution is 5.01. The van der Waals surface area contributed by atoms with Crippen molar-refractivity contribution in [2.75, 3.05) is 7.05 Å². The van der Waals surface area contributed by atoms with Crippen LogP contribution in [-0.4, -0.2) is 57.9 Å². The van der Waals surface area contributed by atoms with E-state index >= 15 is 0 Å². The summed E-state index contributed by atoms with van der Waals surface area (Å²) in [6.07, 6.45) is -4.74. The van der Waals surface area contributed by atoms with Crippen molar-refractivity contribution < 1.29 is 20.4 Å². The second-order valence-corrected chi connectivity index (χ2v) is 2.78. The minimum atomic E-state index is -1.26. The Morgan fingerprint density at radius 2 is 1.18 bits per heavy atom. The van der Waals surface area contributed by atoms with Crippen molar-refractivity contribution in [2.45, 2.75) is 30.5 Å². The lowest BCUT2D eigenvalue weighted by atomic mass is 10.2. The molecule has 5 nitrogen and oxygen atoms in total. The first-order valence-electron chi connectivity index (χ1n) is 3.49. The van der Waals surface area contributed by atoms with Crippen LogP contribution in [0.2, 0.25) is 0 Å². The third-order valence-electron chi connectivity index (χ3n) is 2.12. The molecule has 0 spiro atoms. The molecule has 5 heteroatoms. The van der Waals surface area contributed by atoms with Gasteiger partial charge in [0.2, 0.25) is 0 Å². The maximum Gasteiger partial charge on any atom is 0.110 e. The number of aliphatic hydroxyl groups excluding tert-OH is 4. The number of aliphatic hydroxyl groups is 4. The molecule has 4 unspecified atom stereocenters. The Kier molecular flexibility index (Phi) is 2.46. The lowest BCUT2D eigenvalue weighted by Gasteiger charge is -2.16. The van der Waals surface area contributed by atoms with E-state index in [2.05, 4.69) is 5.32 Å². The molecule has 0 bridgehead atoms. The van der Waals surface area contributed by atoms with Gasteiger partial charge in [0.05, 0.1) is 6.04 Å². The number of nitrogens with one attached hydrogen (secondary N) is 1.